The zero-order valence-corrected chi connectivity index (χ0v) is 13.8. The molecule has 0 saturated carbocycles. The molecule has 2 rings (SSSR count). The molecule has 1 amide bonds. The normalized spacial score (nSPS) is 11.5. The number of hydrogen-bond donors (Lipinski definition) is 1. The molecule has 0 fully saturated rings. The van der Waals surface area contributed by atoms with Gasteiger partial charge in [-0.15, -0.1) is 0 Å². The fourth-order valence-electron chi connectivity index (χ4n) is 1.84. The molecule has 0 radical (unpaired) electrons. The number of nitrogens with one attached hydrogen (secondary N) is 1. The zero-order valence-electron chi connectivity index (χ0n) is 13.1. The number of hydrogen-bond acceptors (Lipinski definition) is 5. The molecule has 1 heterocycles. The van der Waals surface area contributed by atoms with E-state index < -0.39 is 18.0 Å². The molecule has 0 aliphatic rings. The van der Waals surface area contributed by atoms with E-state index >= 15 is 0 Å². The Hall–Kier alpha value is -2.73. The molecule has 7 heteroatoms. The molecule has 2 aromatic rings. The fourth-order valence-corrected chi connectivity index (χ4v) is 1.95. The number of anilines is 1. The van der Waals surface area contributed by atoms with E-state index in [1.165, 1.54) is 32.2 Å². The molecule has 0 saturated heterocycles. The molecule has 124 valence electrons. The van der Waals surface area contributed by atoms with Gasteiger partial charge >= 0.3 is 5.97 Å². The van der Waals surface area contributed by atoms with Crippen molar-refractivity contribution in [3.63, 3.8) is 0 Å². The van der Waals surface area contributed by atoms with Crippen LogP contribution in [0.5, 0.6) is 0 Å². The summed E-state index contributed by atoms with van der Waals surface area (Å²) >= 11 is 5.65. The molecule has 0 unspecified atom stereocenters. The average molecular weight is 347 g/mol. The van der Waals surface area contributed by atoms with Crippen molar-refractivity contribution in [2.45, 2.75) is 20.0 Å². The SMILES string of the molecule is CC(=O)c1cccc(NC(=O)[C@@H](C)OC(=O)c2ccc(Cl)nc2)c1. The second-order valence-corrected chi connectivity index (χ2v) is 5.43. The number of ether oxygens (including phenoxy) is 1. The van der Waals surface area contributed by atoms with Crippen molar-refractivity contribution >= 4 is 34.9 Å². The molecule has 1 aromatic carbocycles. The predicted molar refractivity (Wildman–Crippen MR) is 89.2 cm³/mol. The maximum Gasteiger partial charge on any atom is 0.340 e. The van der Waals surface area contributed by atoms with Crippen LogP contribution in [0.1, 0.15) is 34.6 Å². The predicted octanol–water partition coefficient (Wildman–Crippen LogP) is 3.12. The Balaban J connectivity index is 1.99. The molecule has 0 aliphatic heterocycles. The molecule has 0 aliphatic carbocycles. The first-order valence-corrected chi connectivity index (χ1v) is 7.49. The van der Waals surface area contributed by atoms with Gasteiger partial charge in [0.25, 0.3) is 5.91 Å². The van der Waals surface area contributed by atoms with Gasteiger partial charge in [0.05, 0.1) is 5.56 Å². The van der Waals surface area contributed by atoms with Crippen LogP contribution in [-0.2, 0) is 9.53 Å². The maximum atomic E-state index is 12.1. The Morgan fingerprint density at radius 1 is 1.17 bits per heavy atom. The Morgan fingerprint density at radius 3 is 2.54 bits per heavy atom. The standard InChI is InChI=1S/C17H15ClN2O4/c1-10(21)12-4-3-5-14(8-12)20-16(22)11(2)24-17(23)13-6-7-15(18)19-9-13/h3-9,11H,1-2H3,(H,20,22)/t11-/m1/s1. The molecule has 0 spiro atoms. The van der Waals surface area contributed by atoms with Crippen molar-refractivity contribution in [3.05, 3.63) is 58.9 Å². The van der Waals surface area contributed by atoms with Crippen LogP contribution in [0.2, 0.25) is 5.15 Å². The highest BCUT2D eigenvalue weighted by Gasteiger charge is 2.19. The van der Waals surface area contributed by atoms with Gasteiger partial charge in [-0.25, -0.2) is 9.78 Å². The number of ketones is 1. The summed E-state index contributed by atoms with van der Waals surface area (Å²) in [5.74, 6) is -1.30. The Morgan fingerprint density at radius 2 is 1.92 bits per heavy atom. The van der Waals surface area contributed by atoms with E-state index in [4.69, 9.17) is 16.3 Å². The third kappa shape index (κ3) is 4.63. The summed E-state index contributed by atoms with van der Waals surface area (Å²) in [6.45, 7) is 2.89. The van der Waals surface area contributed by atoms with E-state index in [1.807, 2.05) is 0 Å². The van der Waals surface area contributed by atoms with Crippen molar-refractivity contribution < 1.29 is 19.1 Å². The monoisotopic (exact) mass is 346 g/mol. The van der Waals surface area contributed by atoms with Crippen LogP contribution in [0.3, 0.4) is 0 Å². The van der Waals surface area contributed by atoms with E-state index in [1.54, 1.807) is 24.3 Å². The highest BCUT2D eigenvalue weighted by Crippen LogP contribution is 2.13. The summed E-state index contributed by atoms with van der Waals surface area (Å²) in [6, 6.07) is 9.41. The number of carbonyl (C=O) groups is 3. The van der Waals surface area contributed by atoms with Gasteiger partial charge in [0, 0.05) is 17.4 Å². The summed E-state index contributed by atoms with van der Waals surface area (Å²) in [4.78, 5) is 39.2. The van der Waals surface area contributed by atoms with E-state index in [0.717, 1.165) is 0 Å². The quantitative estimate of drug-likeness (QED) is 0.510. The number of esters is 1. The van der Waals surface area contributed by atoms with Gasteiger partial charge in [-0.2, -0.15) is 0 Å². The van der Waals surface area contributed by atoms with Gasteiger partial charge in [0.1, 0.15) is 5.15 Å². The number of pyridine rings is 1. The van der Waals surface area contributed by atoms with Crippen LogP contribution < -0.4 is 5.32 Å². The van der Waals surface area contributed by atoms with E-state index in [-0.39, 0.29) is 16.5 Å². The lowest BCUT2D eigenvalue weighted by molar-refractivity contribution is -0.123. The minimum Gasteiger partial charge on any atom is -0.449 e. The molecule has 24 heavy (non-hydrogen) atoms. The topological polar surface area (TPSA) is 85.4 Å². The number of halogens is 1. The van der Waals surface area contributed by atoms with Gasteiger partial charge in [-0.3, -0.25) is 9.59 Å². The van der Waals surface area contributed by atoms with Gasteiger partial charge in [0.15, 0.2) is 11.9 Å². The largest absolute Gasteiger partial charge is 0.449 e. The van der Waals surface area contributed by atoms with Crippen LogP contribution >= 0.6 is 11.6 Å². The van der Waals surface area contributed by atoms with Crippen LogP contribution in [0.4, 0.5) is 5.69 Å². The lowest BCUT2D eigenvalue weighted by Crippen LogP contribution is -2.30. The highest BCUT2D eigenvalue weighted by atomic mass is 35.5. The number of nitrogens with zero attached hydrogens (tertiary/aromatic N) is 1. The number of Topliss-reactive ketones (excluding diaryl/α,β-unsaturated/α-hetero) is 1. The molecular weight excluding hydrogens is 332 g/mol. The van der Waals surface area contributed by atoms with Gasteiger partial charge in [-0.1, -0.05) is 23.7 Å². The number of rotatable bonds is 5. The van der Waals surface area contributed by atoms with Gasteiger partial charge < -0.3 is 10.1 Å². The van der Waals surface area contributed by atoms with Crippen molar-refractivity contribution in [1.29, 1.82) is 0 Å². The minimum absolute atomic E-state index is 0.110. The molecule has 6 nitrogen and oxygen atoms in total. The maximum absolute atomic E-state index is 12.1. The fraction of sp³-hybridized carbons (Fsp3) is 0.176. The van der Waals surface area contributed by atoms with Crippen molar-refractivity contribution in [1.82, 2.24) is 4.98 Å². The summed E-state index contributed by atoms with van der Waals surface area (Å²) in [6.07, 6.45) is 0.250. The summed E-state index contributed by atoms with van der Waals surface area (Å²) in [5, 5.41) is 2.85. The third-order valence-electron chi connectivity index (χ3n) is 3.15. The minimum atomic E-state index is -1.02. The summed E-state index contributed by atoms with van der Waals surface area (Å²) < 4.78 is 5.09. The summed E-state index contributed by atoms with van der Waals surface area (Å²) in [5.41, 5.74) is 1.12. The van der Waals surface area contributed by atoms with E-state index in [0.29, 0.717) is 11.3 Å². The molecular formula is C17H15ClN2O4. The smallest absolute Gasteiger partial charge is 0.340 e. The molecule has 1 N–H and O–H groups in total. The highest BCUT2D eigenvalue weighted by molar-refractivity contribution is 6.29. The Bertz CT molecular complexity index is 774. The first-order chi connectivity index (χ1) is 11.4. The van der Waals surface area contributed by atoms with E-state index in [9.17, 15) is 14.4 Å². The Labute approximate surface area is 143 Å². The first-order valence-electron chi connectivity index (χ1n) is 7.11. The van der Waals surface area contributed by atoms with Crippen LogP contribution in [0.15, 0.2) is 42.6 Å². The van der Waals surface area contributed by atoms with Crippen LogP contribution in [0, 0.1) is 0 Å². The Kier molecular flexibility index (Phi) is 5.65. The van der Waals surface area contributed by atoms with Crippen molar-refractivity contribution in [2.75, 3.05) is 5.32 Å². The second-order valence-electron chi connectivity index (χ2n) is 5.04. The third-order valence-corrected chi connectivity index (χ3v) is 3.38. The van der Waals surface area contributed by atoms with Gasteiger partial charge in [-0.05, 0) is 38.1 Å². The lowest BCUT2D eigenvalue weighted by Gasteiger charge is -2.13. The number of benzene rings is 1. The van der Waals surface area contributed by atoms with Crippen LogP contribution in [0.25, 0.3) is 0 Å². The second kappa shape index (κ2) is 7.70. The average Bonchev–Trinajstić information content (AvgIpc) is 2.55. The van der Waals surface area contributed by atoms with Crippen molar-refractivity contribution in [3.8, 4) is 0 Å². The van der Waals surface area contributed by atoms with E-state index in [2.05, 4.69) is 10.3 Å². The van der Waals surface area contributed by atoms with Crippen LogP contribution in [-0.4, -0.2) is 28.7 Å². The lowest BCUT2D eigenvalue weighted by atomic mass is 10.1. The summed E-state index contributed by atoms with van der Waals surface area (Å²) in [7, 11) is 0. The molecule has 1 atom stereocenters. The first kappa shape index (κ1) is 17.6. The number of amides is 1. The number of carbonyl (C=O) groups excluding carboxylic acids is 3. The molecule has 0 bridgehead atoms. The molecule has 1 aromatic heterocycles. The number of aromatic nitrogens is 1. The zero-order chi connectivity index (χ0) is 17.7. The van der Waals surface area contributed by atoms with Crippen molar-refractivity contribution in [2.24, 2.45) is 0 Å². The van der Waals surface area contributed by atoms with Gasteiger partial charge in [0.2, 0.25) is 0 Å².